The molecule has 0 radical (unpaired) electrons. The second-order valence-corrected chi connectivity index (χ2v) is 6.99. The number of carbonyl (C=O) groups is 2. The molecule has 2 unspecified atom stereocenters. The molecule has 1 aliphatic rings. The van der Waals surface area contributed by atoms with Crippen molar-refractivity contribution < 1.29 is 58.4 Å². The number of aliphatic hydroxyl groups excluding tert-OH is 4. The minimum Gasteiger partial charge on any atom is -0.460 e. The molecule has 1 aliphatic carbocycles. The number of hydrogen-bond acceptors (Lipinski definition) is 12. The Labute approximate surface area is 187 Å². The van der Waals surface area contributed by atoms with E-state index < -0.39 is 36.4 Å². The molecule has 0 aromatic carbocycles. The largest absolute Gasteiger partial charge is 0.460 e. The first-order valence-electron chi connectivity index (χ1n) is 10.8. The Morgan fingerprint density at radius 3 is 1.22 bits per heavy atom. The van der Waals surface area contributed by atoms with Gasteiger partial charge in [-0.2, -0.15) is 0 Å². The third-order valence-corrected chi connectivity index (χ3v) is 4.67. The smallest absolute Gasteiger partial charge is 0.309 e. The van der Waals surface area contributed by atoms with E-state index in [1.807, 2.05) is 0 Å². The second kappa shape index (κ2) is 18.1. The SMILES string of the molecule is O=C(OCC(OCCO)OCCO)C1CCCCC1C(=O)OCC(OCCO)OCCO. The van der Waals surface area contributed by atoms with Gasteiger partial charge in [0.05, 0.1) is 64.7 Å². The van der Waals surface area contributed by atoms with Gasteiger partial charge in [0.25, 0.3) is 0 Å². The fraction of sp³-hybridized carbons (Fsp3) is 0.900. The molecular weight excluding hydrogens is 432 g/mol. The van der Waals surface area contributed by atoms with Gasteiger partial charge in [-0.05, 0) is 12.8 Å². The van der Waals surface area contributed by atoms with Crippen LogP contribution in [0, 0.1) is 11.8 Å². The minimum atomic E-state index is -0.944. The van der Waals surface area contributed by atoms with Crippen molar-refractivity contribution in [3.8, 4) is 0 Å². The predicted octanol–water partition coefficient (Wildman–Crippen LogP) is -1.43. The summed E-state index contributed by atoms with van der Waals surface area (Å²) in [7, 11) is 0. The Hall–Kier alpha value is -1.38. The molecule has 1 rings (SSSR count). The van der Waals surface area contributed by atoms with E-state index in [0.29, 0.717) is 12.8 Å². The zero-order valence-electron chi connectivity index (χ0n) is 18.3. The summed E-state index contributed by atoms with van der Waals surface area (Å²) >= 11 is 0. The average Bonchev–Trinajstić information content (AvgIpc) is 2.82. The third kappa shape index (κ3) is 11.5. The van der Waals surface area contributed by atoms with Crippen molar-refractivity contribution in [3.63, 3.8) is 0 Å². The quantitative estimate of drug-likeness (QED) is 0.137. The lowest BCUT2D eigenvalue weighted by Gasteiger charge is -2.29. The van der Waals surface area contributed by atoms with E-state index >= 15 is 0 Å². The zero-order chi connectivity index (χ0) is 23.6. The number of hydrogen-bond donors (Lipinski definition) is 4. The Kier molecular flexibility index (Phi) is 16.2. The number of carbonyl (C=O) groups excluding carboxylic acids is 2. The number of esters is 2. The van der Waals surface area contributed by atoms with Gasteiger partial charge >= 0.3 is 11.9 Å². The molecule has 32 heavy (non-hydrogen) atoms. The van der Waals surface area contributed by atoms with Crippen LogP contribution < -0.4 is 0 Å². The lowest BCUT2D eigenvalue weighted by molar-refractivity contribution is -0.196. The van der Waals surface area contributed by atoms with Gasteiger partial charge in [0.1, 0.15) is 13.2 Å². The Balaban J connectivity index is 2.60. The molecule has 0 heterocycles. The third-order valence-electron chi connectivity index (χ3n) is 4.67. The molecule has 0 aromatic heterocycles. The fourth-order valence-electron chi connectivity index (χ4n) is 3.23. The molecule has 0 bridgehead atoms. The van der Waals surface area contributed by atoms with E-state index in [0.717, 1.165) is 12.8 Å². The summed E-state index contributed by atoms with van der Waals surface area (Å²) in [4.78, 5) is 25.3. The van der Waals surface area contributed by atoms with Gasteiger partial charge in [-0.3, -0.25) is 9.59 Å². The maximum atomic E-state index is 12.6. The van der Waals surface area contributed by atoms with Gasteiger partial charge in [0, 0.05) is 0 Å². The Morgan fingerprint density at radius 2 is 0.938 bits per heavy atom. The summed E-state index contributed by atoms with van der Waals surface area (Å²) in [6.07, 6.45) is 0.557. The zero-order valence-corrected chi connectivity index (χ0v) is 18.3. The first kappa shape index (κ1) is 28.7. The topological polar surface area (TPSA) is 170 Å². The van der Waals surface area contributed by atoms with Gasteiger partial charge in [-0.1, -0.05) is 12.8 Å². The van der Waals surface area contributed by atoms with Crippen LogP contribution in [-0.2, 0) is 38.0 Å². The maximum Gasteiger partial charge on any atom is 0.309 e. The van der Waals surface area contributed by atoms with Crippen molar-refractivity contribution >= 4 is 11.9 Å². The lowest BCUT2D eigenvalue weighted by atomic mass is 9.79. The summed E-state index contributed by atoms with van der Waals surface area (Å²) in [5.41, 5.74) is 0. The Morgan fingerprint density at radius 1 is 0.625 bits per heavy atom. The van der Waals surface area contributed by atoms with Crippen LogP contribution >= 0.6 is 0 Å². The van der Waals surface area contributed by atoms with Gasteiger partial charge in [-0.15, -0.1) is 0 Å². The van der Waals surface area contributed by atoms with Crippen molar-refractivity contribution in [2.45, 2.75) is 38.3 Å². The fourth-order valence-corrected chi connectivity index (χ4v) is 3.23. The van der Waals surface area contributed by atoms with E-state index in [1.165, 1.54) is 0 Å². The Bertz CT molecular complexity index is 443. The van der Waals surface area contributed by atoms with Crippen molar-refractivity contribution in [1.29, 1.82) is 0 Å². The molecule has 2 atom stereocenters. The number of aliphatic hydroxyl groups is 4. The predicted molar refractivity (Wildman–Crippen MR) is 107 cm³/mol. The van der Waals surface area contributed by atoms with Crippen LogP contribution in [0.2, 0.25) is 0 Å². The first-order chi connectivity index (χ1) is 15.6. The highest BCUT2D eigenvalue weighted by Crippen LogP contribution is 2.32. The van der Waals surface area contributed by atoms with Crippen LogP contribution in [0.4, 0.5) is 0 Å². The van der Waals surface area contributed by atoms with E-state index in [-0.39, 0.29) is 66.1 Å². The molecule has 0 spiro atoms. The highest BCUT2D eigenvalue weighted by molar-refractivity contribution is 5.82. The van der Waals surface area contributed by atoms with Crippen LogP contribution in [0.1, 0.15) is 25.7 Å². The second-order valence-electron chi connectivity index (χ2n) is 6.99. The molecule has 1 fully saturated rings. The van der Waals surface area contributed by atoms with Crippen molar-refractivity contribution in [2.75, 3.05) is 66.1 Å². The molecule has 0 amide bonds. The molecule has 0 saturated heterocycles. The van der Waals surface area contributed by atoms with Crippen LogP contribution in [0.15, 0.2) is 0 Å². The highest BCUT2D eigenvalue weighted by atomic mass is 16.7. The van der Waals surface area contributed by atoms with Crippen LogP contribution in [-0.4, -0.2) is 111 Å². The van der Waals surface area contributed by atoms with Crippen molar-refractivity contribution in [1.82, 2.24) is 0 Å². The molecule has 1 saturated carbocycles. The molecule has 12 nitrogen and oxygen atoms in total. The standard InChI is InChI=1S/C20H36O12/c21-5-9-27-17(28-10-6-22)13-31-19(25)15-3-1-2-4-16(15)20(26)32-14-18(29-11-7-23)30-12-8-24/h15-18,21-24H,1-14H2. The molecule has 0 aliphatic heterocycles. The summed E-state index contributed by atoms with van der Waals surface area (Å²) in [5, 5.41) is 35.5. The molecule has 12 heteroatoms. The molecule has 0 aromatic rings. The van der Waals surface area contributed by atoms with E-state index in [1.54, 1.807) is 0 Å². The monoisotopic (exact) mass is 468 g/mol. The van der Waals surface area contributed by atoms with Crippen molar-refractivity contribution in [3.05, 3.63) is 0 Å². The maximum absolute atomic E-state index is 12.6. The van der Waals surface area contributed by atoms with Gasteiger partial charge in [-0.25, -0.2) is 0 Å². The van der Waals surface area contributed by atoms with Gasteiger partial charge < -0.3 is 48.8 Å². The average molecular weight is 468 g/mol. The van der Waals surface area contributed by atoms with Crippen LogP contribution in [0.5, 0.6) is 0 Å². The van der Waals surface area contributed by atoms with E-state index in [2.05, 4.69) is 0 Å². The van der Waals surface area contributed by atoms with Crippen LogP contribution in [0.25, 0.3) is 0 Å². The van der Waals surface area contributed by atoms with E-state index in [4.69, 9.17) is 48.8 Å². The lowest BCUT2D eigenvalue weighted by Crippen LogP contribution is -2.38. The first-order valence-corrected chi connectivity index (χ1v) is 10.8. The molecular formula is C20H36O12. The van der Waals surface area contributed by atoms with Crippen molar-refractivity contribution in [2.24, 2.45) is 11.8 Å². The highest BCUT2D eigenvalue weighted by Gasteiger charge is 2.38. The normalized spacial score (nSPS) is 18.8. The minimum absolute atomic E-state index is 0.0239. The van der Waals surface area contributed by atoms with Gasteiger partial charge in [0.15, 0.2) is 12.6 Å². The number of ether oxygens (including phenoxy) is 6. The van der Waals surface area contributed by atoms with Gasteiger partial charge in [0.2, 0.25) is 0 Å². The van der Waals surface area contributed by atoms with E-state index in [9.17, 15) is 9.59 Å². The summed E-state index contributed by atoms with van der Waals surface area (Å²) < 4.78 is 31.4. The molecule has 188 valence electrons. The van der Waals surface area contributed by atoms with Crippen LogP contribution in [0.3, 0.4) is 0 Å². The number of rotatable bonds is 18. The molecule has 4 N–H and O–H groups in total. The summed E-state index contributed by atoms with van der Waals surface area (Å²) in [5.74, 6) is -2.55. The summed E-state index contributed by atoms with van der Waals surface area (Å²) in [6, 6.07) is 0. The summed E-state index contributed by atoms with van der Waals surface area (Å²) in [6.45, 7) is -1.56.